The first-order chi connectivity index (χ1) is 7.72. The van der Waals surface area contributed by atoms with E-state index < -0.39 is 0 Å². The molecule has 4 nitrogen and oxygen atoms in total. The van der Waals surface area contributed by atoms with Gasteiger partial charge in [-0.2, -0.15) is 0 Å². The molecule has 5 heteroatoms. The molecule has 1 aliphatic rings. The van der Waals surface area contributed by atoms with E-state index in [0.29, 0.717) is 5.82 Å². The van der Waals surface area contributed by atoms with Crippen LogP contribution >= 0.6 is 11.6 Å². The van der Waals surface area contributed by atoms with Crippen LogP contribution in [0.25, 0.3) is 0 Å². The molecular formula is C11H16ClN3O. The Morgan fingerprint density at radius 2 is 2.44 bits per heavy atom. The van der Waals surface area contributed by atoms with E-state index in [1.165, 1.54) is 0 Å². The van der Waals surface area contributed by atoms with Gasteiger partial charge in [-0.1, -0.05) is 6.92 Å². The molecule has 1 aliphatic heterocycles. The van der Waals surface area contributed by atoms with Crippen LogP contribution in [0.2, 0.25) is 0 Å². The average molecular weight is 242 g/mol. The standard InChI is InChI=1S/C11H16ClN3O/c1-2-5-14-7-4-13-10(11(14)16)15-6-3-9(12)8-15/h4,7,9H,2-3,5-6,8H2,1H3. The minimum atomic E-state index is -0.00452. The zero-order valence-corrected chi connectivity index (χ0v) is 10.2. The monoisotopic (exact) mass is 241 g/mol. The van der Waals surface area contributed by atoms with Crippen LogP contribution in [0.1, 0.15) is 19.8 Å². The van der Waals surface area contributed by atoms with Crippen molar-refractivity contribution in [3.05, 3.63) is 22.7 Å². The van der Waals surface area contributed by atoms with Crippen LogP contribution < -0.4 is 10.5 Å². The third-order valence-electron chi connectivity index (χ3n) is 2.79. The molecule has 1 saturated heterocycles. The molecule has 0 saturated carbocycles. The Kier molecular flexibility index (Phi) is 3.49. The van der Waals surface area contributed by atoms with Gasteiger partial charge in [0, 0.05) is 32.0 Å². The lowest BCUT2D eigenvalue weighted by Crippen LogP contribution is -2.31. The van der Waals surface area contributed by atoms with E-state index in [-0.39, 0.29) is 10.9 Å². The summed E-state index contributed by atoms with van der Waals surface area (Å²) in [4.78, 5) is 18.2. The SMILES string of the molecule is CCCn1ccnc(N2CCC(Cl)C2)c1=O. The maximum absolute atomic E-state index is 12.1. The fourth-order valence-corrected chi connectivity index (χ4v) is 2.24. The first-order valence-electron chi connectivity index (χ1n) is 5.67. The van der Waals surface area contributed by atoms with Crippen LogP contribution in [-0.4, -0.2) is 28.0 Å². The Hall–Kier alpha value is -1.03. The Morgan fingerprint density at radius 3 is 3.06 bits per heavy atom. The molecule has 1 aromatic heterocycles. The predicted octanol–water partition coefficient (Wildman–Crippen LogP) is 1.47. The number of halogens is 1. The second kappa shape index (κ2) is 4.87. The maximum atomic E-state index is 12.1. The first kappa shape index (κ1) is 11.5. The fraction of sp³-hybridized carbons (Fsp3) is 0.636. The molecule has 1 aromatic rings. The molecule has 0 spiro atoms. The number of anilines is 1. The van der Waals surface area contributed by atoms with E-state index in [1.807, 2.05) is 4.90 Å². The average Bonchev–Trinajstić information content (AvgIpc) is 2.68. The quantitative estimate of drug-likeness (QED) is 0.753. The summed E-state index contributed by atoms with van der Waals surface area (Å²) < 4.78 is 1.71. The number of rotatable bonds is 3. The summed E-state index contributed by atoms with van der Waals surface area (Å²) in [5.74, 6) is 0.541. The van der Waals surface area contributed by atoms with Crippen LogP contribution in [-0.2, 0) is 6.54 Å². The van der Waals surface area contributed by atoms with Crippen molar-refractivity contribution in [1.29, 1.82) is 0 Å². The number of nitrogens with zero attached hydrogens (tertiary/aromatic N) is 3. The predicted molar refractivity (Wildman–Crippen MR) is 65.3 cm³/mol. The van der Waals surface area contributed by atoms with E-state index in [2.05, 4.69) is 11.9 Å². The zero-order valence-electron chi connectivity index (χ0n) is 9.40. The van der Waals surface area contributed by atoms with Gasteiger partial charge in [0.15, 0.2) is 5.82 Å². The van der Waals surface area contributed by atoms with Crippen molar-refractivity contribution >= 4 is 17.4 Å². The van der Waals surface area contributed by atoms with Gasteiger partial charge in [-0.25, -0.2) is 4.98 Å². The van der Waals surface area contributed by atoms with Crippen molar-refractivity contribution in [3.63, 3.8) is 0 Å². The highest BCUT2D eigenvalue weighted by atomic mass is 35.5. The van der Waals surface area contributed by atoms with Gasteiger partial charge in [0.25, 0.3) is 5.56 Å². The molecule has 2 heterocycles. The van der Waals surface area contributed by atoms with Gasteiger partial charge in [0.05, 0.1) is 5.38 Å². The second-order valence-corrected chi connectivity index (χ2v) is 4.70. The third-order valence-corrected chi connectivity index (χ3v) is 3.15. The Balaban J connectivity index is 2.27. The van der Waals surface area contributed by atoms with Crippen molar-refractivity contribution in [2.75, 3.05) is 18.0 Å². The molecule has 1 unspecified atom stereocenters. The van der Waals surface area contributed by atoms with Crippen LogP contribution in [0.4, 0.5) is 5.82 Å². The van der Waals surface area contributed by atoms with Crippen molar-refractivity contribution in [2.24, 2.45) is 0 Å². The lowest BCUT2D eigenvalue weighted by molar-refractivity contribution is 0.645. The van der Waals surface area contributed by atoms with E-state index in [4.69, 9.17) is 11.6 Å². The molecule has 0 aromatic carbocycles. The van der Waals surface area contributed by atoms with Gasteiger partial charge in [-0.15, -0.1) is 11.6 Å². The van der Waals surface area contributed by atoms with Gasteiger partial charge in [0.2, 0.25) is 0 Å². The molecule has 16 heavy (non-hydrogen) atoms. The minimum absolute atomic E-state index is 0.00452. The molecule has 0 amide bonds. The van der Waals surface area contributed by atoms with Crippen LogP contribution in [0, 0.1) is 0 Å². The first-order valence-corrected chi connectivity index (χ1v) is 6.10. The summed E-state index contributed by atoms with van der Waals surface area (Å²) in [5.41, 5.74) is -0.00452. The number of alkyl halides is 1. The third kappa shape index (κ3) is 2.21. The van der Waals surface area contributed by atoms with Crippen molar-refractivity contribution in [1.82, 2.24) is 9.55 Å². The van der Waals surface area contributed by atoms with Crippen molar-refractivity contribution in [3.8, 4) is 0 Å². The molecule has 88 valence electrons. The van der Waals surface area contributed by atoms with Crippen molar-refractivity contribution < 1.29 is 0 Å². The molecular weight excluding hydrogens is 226 g/mol. The topological polar surface area (TPSA) is 38.1 Å². The molecule has 1 atom stereocenters. The number of hydrogen-bond donors (Lipinski definition) is 0. The van der Waals surface area contributed by atoms with E-state index in [9.17, 15) is 4.79 Å². The smallest absolute Gasteiger partial charge is 0.293 e. The summed E-state index contributed by atoms with van der Waals surface area (Å²) >= 11 is 6.03. The molecule has 0 N–H and O–H groups in total. The van der Waals surface area contributed by atoms with Crippen molar-refractivity contribution in [2.45, 2.75) is 31.7 Å². The van der Waals surface area contributed by atoms with Crippen LogP contribution in [0.3, 0.4) is 0 Å². The van der Waals surface area contributed by atoms with E-state index in [0.717, 1.165) is 32.5 Å². The highest BCUT2D eigenvalue weighted by molar-refractivity contribution is 6.21. The van der Waals surface area contributed by atoms with Crippen LogP contribution in [0.5, 0.6) is 0 Å². The molecule has 0 bridgehead atoms. The Bertz CT molecular complexity index is 418. The highest BCUT2D eigenvalue weighted by Gasteiger charge is 2.23. The van der Waals surface area contributed by atoms with E-state index >= 15 is 0 Å². The largest absolute Gasteiger partial charge is 0.350 e. The van der Waals surface area contributed by atoms with Gasteiger partial charge >= 0.3 is 0 Å². The Labute approximate surface area is 99.9 Å². The maximum Gasteiger partial charge on any atom is 0.293 e. The molecule has 0 radical (unpaired) electrons. The molecule has 0 aliphatic carbocycles. The number of aryl methyl sites for hydroxylation is 1. The summed E-state index contributed by atoms with van der Waals surface area (Å²) in [7, 11) is 0. The summed E-state index contributed by atoms with van der Waals surface area (Å²) in [5, 5.41) is 0.140. The van der Waals surface area contributed by atoms with Gasteiger partial charge in [-0.3, -0.25) is 4.79 Å². The minimum Gasteiger partial charge on any atom is -0.350 e. The Morgan fingerprint density at radius 1 is 1.62 bits per heavy atom. The molecule has 2 rings (SSSR count). The van der Waals surface area contributed by atoms with E-state index in [1.54, 1.807) is 17.0 Å². The normalized spacial score (nSPS) is 20.4. The summed E-state index contributed by atoms with van der Waals surface area (Å²) in [6.45, 7) is 4.34. The highest BCUT2D eigenvalue weighted by Crippen LogP contribution is 2.18. The summed E-state index contributed by atoms with van der Waals surface area (Å²) in [6.07, 6.45) is 5.30. The second-order valence-electron chi connectivity index (χ2n) is 4.08. The van der Waals surface area contributed by atoms with Crippen LogP contribution in [0.15, 0.2) is 17.2 Å². The number of hydrogen-bond acceptors (Lipinski definition) is 3. The fourth-order valence-electron chi connectivity index (χ4n) is 1.98. The van der Waals surface area contributed by atoms with Gasteiger partial charge in [0.1, 0.15) is 0 Å². The number of aromatic nitrogens is 2. The zero-order chi connectivity index (χ0) is 11.5. The lowest BCUT2D eigenvalue weighted by atomic mass is 10.4. The van der Waals surface area contributed by atoms with Gasteiger partial charge in [-0.05, 0) is 12.8 Å². The lowest BCUT2D eigenvalue weighted by Gasteiger charge is -2.16. The van der Waals surface area contributed by atoms with Gasteiger partial charge < -0.3 is 9.47 Å². The molecule has 1 fully saturated rings. The summed E-state index contributed by atoms with van der Waals surface area (Å²) in [6, 6.07) is 0.